The van der Waals surface area contributed by atoms with Gasteiger partial charge in [0.25, 0.3) is 5.91 Å². The number of carbonyl (C=O) groups is 3. The van der Waals surface area contributed by atoms with E-state index in [0.717, 1.165) is 0 Å². The number of benzene rings is 2. The van der Waals surface area contributed by atoms with Gasteiger partial charge in [0.05, 0.1) is 18.2 Å². The first-order valence-electron chi connectivity index (χ1n) is 7.26. The highest BCUT2D eigenvalue weighted by Gasteiger charge is 2.19. The molecule has 0 radical (unpaired) electrons. The van der Waals surface area contributed by atoms with Gasteiger partial charge in [-0.3, -0.25) is 4.79 Å². The highest BCUT2D eigenvalue weighted by molar-refractivity contribution is 5.98. The van der Waals surface area contributed by atoms with Crippen molar-refractivity contribution < 1.29 is 23.9 Å². The van der Waals surface area contributed by atoms with E-state index in [1.807, 2.05) is 6.07 Å². The molecular weight excluding hydrogens is 310 g/mol. The van der Waals surface area contributed by atoms with E-state index >= 15 is 0 Å². The van der Waals surface area contributed by atoms with E-state index in [0.29, 0.717) is 11.3 Å². The van der Waals surface area contributed by atoms with Crippen molar-refractivity contribution in [1.82, 2.24) is 0 Å². The zero-order chi connectivity index (χ0) is 17.5. The number of hydrogen-bond acceptors (Lipinski definition) is 5. The molecule has 0 unspecified atom stereocenters. The summed E-state index contributed by atoms with van der Waals surface area (Å²) in [4.78, 5) is 35.4. The molecule has 2 rings (SSSR count). The Kier molecular flexibility index (Phi) is 5.68. The fraction of sp³-hybridized carbons (Fsp3) is 0.167. The van der Waals surface area contributed by atoms with Gasteiger partial charge in [-0.2, -0.15) is 0 Å². The molecule has 24 heavy (non-hydrogen) atoms. The molecular formula is C18H17NO5. The Labute approximate surface area is 139 Å². The van der Waals surface area contributed by atoms with Crippen LogP contribution in [-0.2, 0) is 14.3 Å². The summed E-state index contributed by atoms with van der Waals surface area (Å²) in [5.74, 6) is -1.58. The predicted molar refractivity (Wildman–Crippen MR) is 87.7 cm³/mol. The lowest BCUT2D eigenvalue weighted by Gasteiger charge is -2.13. The Morgan fingerprint density at radius 3 is 1.96 bits per heavy atom. The Balaban J connectivity index is 1.95. The van der Waals surface area contributed by atoms with Gasteiger partial charge in [-0.05, 0) is 43.3 Å². The number of rotatable bonds is 5. The summed E-state index contributed by atoms with van der Waals surface area (Å²) in [5.41, 5.74) is 1.18. The summed E-state index contributed by atoms with van der Waals surface area (Å²) >= 11 is 0. The van der Waals surface area contributed by atoms with E-state index < -0.39 is 23.9 Å². The minimum Gasteiger partial charge on any atom is -0.465 e. The molecule has 0 saturated carbocycles. The number of amides is 1. The molecule has 1 N–H and O–H groups in total. The molecule has 0 aliphatic heterocycles. The Hall–Kier alpha value is -3.15. The monoisotopic (exact) mass is 327 g/mol. The number of anilines is 1. The highest BCUT2D eigenvalue weighted by Crippen LogP contribution is 2.10. The minimum atomic E-state index is -0.960. The maximum Gasteiger partial charge on any atom is 0.338 e. The van der Waals surface area contributed by atoms with Crippen LogP contribution >= 0.6 is 0 Å². The molecule has 0 aliphatic carbocycles. The van der Waals surface area contributed by atoms with Gasteiger partial charge in [-0.15, -0.1) is 0 Å². The van der Waals surface area contributed by atoms with Crippen molar-refractivity contribution in [2.45, 2.75) is 13.0 Å². The number of esters is 2. The van der Waals surface area contributed by atoms with E-state index in [1.165, 1.54) is 38.3 Å². The summed E-state index contributed by atoms with van der Waals surface area (Å²) < 4.78 is 9.71. The van der Waals surface area contributed by atoms with Crippen molar-refractivity contribution in [2.75, 3.05) is 12.4 Å². The quantitative estimate of drug-likeness (QED) is 0.854. The number of methoxy groups -OCH3 is 1. The molecule has 124 valence electrons. The Morgan fingerprint density at radius 2 is 1.42 bits per heavy atom. The van der Waals surface area contributed by atoms with Crippen LogP contribution in [0.4, 0.5) is 5.69 Å². The first-order valence-corrected chi connectivity index (χ1v) is 7.26. The zero-order valence-corrected chi connectivity index (χ0v) is 13.3. The number of nitrogens with one attached hydrogen (secondary N) is 1. The van der Waals surface area contributed by atoms with Crippen LogP contribution in [0.1, 0.15) is 27.6 Å². The largest absolute Gasteiger partial charge is 0.465 e. The molecule has 2 aromatic carbocycles. The van der Waals surface area contributed by atoms with Gasteiger partial charge in [-0.1, -0.05) is 18.2 Å². The van der Waals surface area contributed by atoms with E-state index in [-0.39, 0.29) is 5.56 Å². The lowest BCUT2D eigenvalue weighted by Crippen LogP contribution is -2.30. The lowest BCUT2D eigenvalue weighted by atomic mass is 10.1. The second-order valence-electron chi connectivity index (χ2n) is 4.97. The highest BCUT2D eigenvalue weighted by atomic mass is 16.5. The van der Waals surface area contributed by atoms with E-state index in [1.54, 1.807) is 24.3 Å². The van der Waals surface area contributed by atoms with Crippen LogP contribution in [0.25, 0.3) is 0 Å². The van der Waals surface area contributed by atoms with Crippen LogP contribution in [0.3, 0.4) is 0 Å². The molecule has 2 aromatic rings. The standard InChI is InChI=1S/C18H17NO5/c1-12(16(20)19-15-6-4-3-5-7-15)24-18(22)14-10-8-13(9-11-14)17(21)23-2/h3-12H,1-2H3,(H,19,20)/t12-/m1/s1. The van der Waals surface area contributed by atoms with Crippen LogP contribution < -0.4 is 5.32 Å². The van der Waals surface area contributed by atoms with E-state index in [2.05, 4.69) is 10.1 Å². The van der Waals surface area contributed by atoms with Crippen LogP contribution in [0, 0.1) is 0 Å². The fourth-order valence-electron chi connectivity index (χ4n) is 1.91. The minimum absolute atomic E-state index is 0.238. The van der Waals surface area contributed by atoms with E-state index in [4.69, 9.17) is 4.74 Å². The van der Waals surface area contributed by atoms with Gasteiger partial charge >= 0.3 is 11.9 Å². The summed E-state index contributed by atoms with van der Waals surface area (Å²) in [6.45, 7) is 1.49. The van der Waals surface area contributed by atoms with Crippen molar-refractivity contribution >= 4 is 23.5 Å². The first-order chi connectivity index (χ1) is 11.5. The number of ether oxygens (including phenoxy) is 2. The van der Waals surface area contributed by atoms with Crippen LogP contribution in [0.5, 0.6) is 0 Å². The topological polar surface area (TPSA) is 81.7 Å². The molecule has 0 fully saturated rings. The Bertz CT molecular complexity index is 725. The molecule has 0 spiro atoms. The first kappa shape index (κ1) is 17.2. The average molecular weight is 327 g/mol. The van der Waals surface area contributed by atoms with Crippen LogP contribution in [0.2, 0.25) is 0 Å². The molecule has 0 saturated heterocycles. The van der Waals surface area contributed by atoms with Crippen molar-refractivity contribution in [2.24, 2.45) is 0 Å². The fourth-order valence-corrected chi connectivity index (χ4v) is 1.91. The molecule has 1 amide bonds. The third-order valence-electron chi connectivity index (χ3n) is 3.24. The van der Waals surface area contributed by atoms with Gasteiger partial charge in [0.2, 0.25) is 0 Å². The molecule has 0 bridgehead atoms. The van der Waals surface area contributed by atoms with Gasteiger partial charge in [0.15, 0.2) is 6.10 Å². The molecule has 1 atom stereocenters. The van der Waals surface area contributed by atoms with Gasteiger partial charge in [-0.25, -0.2) is 9.59 Å². The number of hydrogen-bond donors (Lipinski definition) is 1. The molecule has 0 heterocycles. The maximum atomic E-state index is 12.0. The van der Waals surface area contributed by atoms with E-state index in [9.17, 15) is 14.4 Å². The molecule has 0 aromatic heterocycles. The summed E-state index contributed by atoms with van der Waals surface area (Å²) in [5, 5.41) is 2.65. The van der Waals surface area contributed by atoms with Crippen molar-refractivity contribution in [3.63, 3.8) is 0 Å². The SMILES string of the molecule is COC(=O)c1ccc(C(=O)O[C@H](C)C(=O)Nc2ccccc2)cc1. The molecule has 6 heteroatoms. The van der Waals surface area contributed by atoms with Crippen molar-refractivity contribution in [3.8, 4) is 0 Å². The smallest absolute Gasteiger partial charge is 0.338 e. The normalized spacial score (nSPS) is 11.2. The summed E-state index contributed by atoms with van der Waals surface area (Å²) in [6.07, 6.45) is -0.960. The van der Waals surface area contributed by atoms with Crippen molar-refractivity contribution in [1.29, 1.82) is 0 Å². The lowest BCUT2D eigenvalue weighted by molar-refractivity contribution is -0.123. The summed E-state index contributed by atoms with van der Waals surface area (Å²) in [6, 6.07) is 14.7. The Morgan fingerprint density at radius 1 is 0.875 bits per heavy atom. The third-order valence-corrected chi connectivity index (χ3v) is 3.24. The molecule has 6 nitrogen and oxygen atoms in total. The number of carbonyl (C=O) groups excluding carboxylic acids is 3. The second-order valence-corrected chi connectivity index (χ2v) is 4.97. The summed E-state index contributed by atoms with van der Waals surface area (Å²) in [7, 11) is 1.28. The van der Waals surface area contributed by atoms with Crippen LogP contribution in [-0.4, -0.2) is 31.1 Å². The second kappa shape index (κ2) is 7.92. The maximum absolute atomic E-state index is 12.0. The van der Waals surface area contributed by atoms with Crippen molar-refractivity contribution in [3.05, 3.63) is 65.7 Å². The van der Waals surface area contributed by atoms with Gasteiger partial charge in [0, 0.05) is 5.69 Å². The molecule has 0 aliphatic rings. The van der Waals surface area contributed by atoms with Crippen LogP contribution in [0.15, 0.2) is 54.6 Å². The predicted octanol–water partition coefficient (Wildman–Crippen LogP) is 2.66. The van der Waals surface area contributed by atoms with Gasteiger partial charge in [0.1, 0.15) is 0 Å². The average Bonchev–Trinajstić information content (AvgIpc) is 2.61. The zero-order valence-electron chi connectivity index (χ0n) is 13.3. The number of para-hydroxylation sites is 1. The third kappa shape index (κ3) is 4.42. The van der Waals surface area contributed by atoms with Gasteiger partial charge < -0.3 is 14.8 Å².